The summed E-state index contributed by atoms with van der Waals surface area (Å²) in [4.78, 5) is 17.4. The van der Waals surface area contributed by atoms with Crippen molar-refractivity contribution in [1.82, 2.24) is 20.1 Å². The quantitative estimate of drug-likeness (QED) is 0.736. The van der Waals surface area contributed by atoms with Gasteiger partial charge in [0.25, 0.3) is 0 Å². The molecule has 6 nitrogen and oxygen atoms in total. The molecule has 1 amide bonds. The largest absolute Gasteiger partial charge is 0.352 e. The molecule has 2 aliphatic carbocycles. The summed E-state index contributed by atoms with van der Waals surface area (Å²) in [5.74, 6) is 2.26. The van der Waals surface area contributed by atoms with Crippen molar-refractivity contribution in [2.75, 3.05) is 0 Å². The van der Waals surface area contributed by atoms with Crippen LogP contribution in [0, 0.1) is 5.92 Å². The van der Waals surface area contributed by atoms with E-state index in [1.165, 1.54) is 37.7 Å². The first kappa shape index (κ1) is 19.1. The molecule has 1 atom stereocenters. The highest BCUT2D eigenvalue weighted by atomic mass is 16.2. The van der Waals surface area contributed by atoms with Crippen molar-refractivity contribution in [3.63, 3.8) is 0 Å². The summed E-state index contributed by atoms with van der Waals surface area (Å²) in [7, 11) is 0. The van der Waals surface area contributed by atoms with Gasteiger partial charge in [-0.3, -0.25) is 4.79 Å². The maximum Gasteiger partial charge on any atom is 0.242 e. The molecule has 2 aromatic rings. The molecule has 0 bridgehead atoms. The zero-order chi connectivity index (χ0) is 19.3. The van der Waals surface area contributed by atoms with Gasteiger partial charge in [0.2, 0.25) is 5.91 Å². The maximum atomic E-state index is 12.6. The van der Waals surface area contributed by atoms with E-state index < -0.39 is 0 Å². The molecule has 1 heterocycles. The Morgan fingerprint density at radius 3 is 2.61 bits per heavy atom. The molecule has 28 heavy (non-hydrogen) atoms. The van der Waals surface area contributed by atoms with Crippen molar-refractivity contribution in [2.24, 2.45) is 11.7 Å². The van der Waals surface area contributed by atoms with Gasteiger partial charge in [0.1, 0.15) is 12.4 Å². The second-order valence-corrected chi connectivity index (χ2v) is 8.39. The zero-order valence-electron chi connectivity index (χ0n) is 16.5. The first-order valence-electron chi connectivity index (χ1n) is 10.7. The molecular formula is C22H31N5O. The van der Waals surface area contributed by atoms with Gasteiger partial charge in [0.05, 0.1) is 6.04 Å². The number of amides is 1. The minimum Gasteiger partial charge on any atom is -0.352 e. The highest BCUT2D eigenvalue weighted by Crippen LogP contribution is 2.32. The second-order valence-electron chi connectivity index (χ2n) is 8.39. The van der Waals surface area contributed by atoms with Gasteiger partial charge in [-0.25, -0.2) is 9.67 Å². The average molecular weight is 382 g/mol. The Balaban J connectivity index is 1.45. The van der Waals surface area contributed by atoms with Gasteiger partial charge in [0, 0.05) is 12.5 Å². The Bertz CT molecular complexity index is 777. The first-order valence-corrected chi connectivity index (χ1v) is 10.7. The predicted octanol–water partition coefficient (Wildman–Crippen LogP) is 2.92. The monoisotopic (exact) mass is 381 g/mol. The smallest absolute Gasteiger partial charge is 0.242 e. The van der Waals surface area contributed by atoms with Crippen LogP contribution in [0.1, 0.15) is 68.2 Å². The van der Waals surface area contributed by atoms with Crippen LogP contribution in [-0.4, -0.2) is 26.7 Å². The summed E-state index contributed by atoms with van der Waals surface area (Å²) in [5.41, 5.74) is 7.66. The van der Waals surface area contributed by atoms with Gasteiger partial charge >= 0.3 is 0 Å². The van der Waals surface area contributed by atoms with Crippen LogP contribution in [0.3, 0.4) is 0 Å². The van der Waals surface area contributed by atoms with Crippen molar-refractivity contribution in [1.29, 1.82) is 0 Å². The fourth-order valence-electron chi connectivity index (χ4n) is 4.08. The number of hydrogen-bond acceptors (Lipinski definition) is 4. The number of aromatic nitrogens is 3. The SMILES string of the molecule is N[C@H](Cc1ccccc1)c1nc(CC2CC2)nn1CC(=O)NC1CCCCC1. The van der Waals surface area contributed by atoms with Crippen molar-refractivity contribution in [3.05, 3.63) is 47.5 Å². The van der Waals surface area contributed by atoms with Gasteiger partial charge in [-0.2, -0.15) is 5.10 Å². The van der Waals surface area contributed by atoms with Gasteiger partial charge in [-0.05, 0) is 43.6 Å². The third-order valence-electron chi connectivity index (χ3n) is 5.81. The molecule has 2 fully saturated rings. The van der Waals surface area contributed by atoms with E-state index in [-0.39, 0.29) is 18.5 Å². The summed E-state index contributed by atoms with van der Waals surface area (Å²) >= 11 is 0. The van der Waals surface area contributed by atoms with E-state index in [0.29, 0.717) is 18.4 Å². The van der Waals surface area contributed by atoms with Gasteiger partial charge in [0.15, 0.2) is 5.82 Å². The van der Waals surface area contributed by atoms with E-state index in [4.69, 9.17) is 10.7 Å². The summed E-state index contributed by atoms with van der Waals surface area (Å²) in [5, 5.41) is 7.83. The molecule has 2 aliphatic rings. The van der Waals surface area contributed by atoms with Crippen LogP contribution < -0.4 is 11.1 Å². The Hall–Kier alpha value is -2.21. The summed E-state index contributed by atoms with van der Waals surface area (Å²) < 4.78 is 1.74. The van der Waals surface area contributed by atoms with Crippen molar-refractivity contribution in [3.8, 4) is 0 Å². The van der Waals surface area contributed by atoms with E-state index >= 15 is 0 Å². The molecule has 0 aliphatic heterocycles. The number of nitrogens with one attached hydrogen (secondary N) is 1. The van der Waals surface area contributed by atoms with Crippen molar-refractivity contribution < 1.29 is 4.79 Å². The molecule has 2 saturated carbocycles. The average Bonchev–Trinajstić information content (AvgIpc) is 3.42. The van der Waals surface area contributed by atoms with Crippen LogP contribution >= 0.6 is 0 Å². The van der Waals surface area contributed by atoms with Crippen LogP contribution in [0.5, 0.6) is 0 Å². The minimum absolute atomic E-state index is 0.0166. The van der Waals surface area contributed by atoms with Gasteiger partial charge in [-0.15, -0.1) is 0 Å². The molecule has 4 rings (SSSR count). The molecular weight excluding hydrogens is 350 g/mol. The fourth-order valence-corrected chi connectivity index (χ4v) is 4.08. The zero-order valence-corrected chi connectivity index (χ0v) is 16.5. The molecule has 1 aromatic heterocycles. The lowest BCUT2D eigenvalue weighted by atomic mass is 9.95. The lowest BCUT2D eigenvalue weighted by molar-refractivity contribution is -0.122. The molecule has 3 N–H and O–H groups in total. The highest BCUT2D eigenvalue weighted by molar-refractivity contribution is 5.76. The number of carbonyl (C=O) groups is 1. The highest BCUT2D eigenvalue weighted by Gasteiger charge is 2.26. The van der Waals surface area contributed by atoms with Crippen molar-refractivity contribution >= 4 is 5.91 Å². The Morgan fingerprint density at radius 1 is 1.14 bits per heavy atom. The van der Waals surface area contributed by atoms with Crippen LogP contribution in [0.25, 0.3) is 0 Å². The molecule has 6 heteroatoms. The van der Waals surface area contributed by atoms with E-state index in [2.05, 4.69) is 22.5 Å². The predicted molar refractivity (Wildman–Crippen MR) is 109 cm³/mol. The minimum atomic E-state index is -0.273. The lowest BCUT2D eigenvalue weighted by Gasteiger charge is -2.23. The fraction of sp³-hybridized carbons (Fsp3) is 0.591. The maximum absolute atomic E-state index is 12.6. The summed E-state index contributed by atoms with van der Waals surface area (Å²) in [6.45, 7) is 0.200. The summed E-state index contributed by atoms with van der Waals surface area (Å²) in [6, 6.07) is 10.2. The number of nitrogens with zero attached hydrogens (tertiary/aromatic N) is 3. The number of carbonyl (C=O) groups excluding carboxylic acids is 1. The molecule has 0 spiro atoms. The van der Waals surface area contributed by atoms with Crippen LogP contribution in [0.4, 0.5) is 0 Å². The third-order valence-corrected chi connectivity index (χ3v) is 5.81. The molecule has 0 saturated heterocycles. The standard InChI is InChI=1S/C22H31N5O/c23-19(13-16-7-3-1-4-8-16)22-25-20(14-17-11-12-17)26-27(22)15-21(28)24-18-9-5-2-6-10-18/h1,3-4,7-8,17-19H,2,5-6,9-15,23H2,(H,24,28)/t19-/m1/s1. The number of rotatable bonds is 8. The van der Waals surface area contributed by atoms with E-state index in [9.17, 15) is 4.79 Å². The third kappa shape index (κ3) is 5.19. The van der Waals surface area contributed by atoms with Gasteiger partial charge < -0.3 is 11.1 Å². The topological polar surface area (TPSA) is 85.8 Å². The number of benzene rings is 1. The van der Waals surface area contributed by atoms with Gasteiger partial charge in [-0.1, -0.05) is 49.6 Å². The van der Waals surface area contributed by atoms with Crippen LogP contribution in [-0.2, 0) is 24.2 Å². The normalized spacial score (nSPS) is 18.8. The number of nitrogens with two attached hydrogens (primary N) is 1. The van der Waals surface area contributed by atoms with Crippen LogP contribution in [0.2, 0.25) is 0 Å². The molecule has 0 radical (unpaired) electrons. The van der Waals surface area contributed by atoms with E-state index in [0.717, 1.165) is 30.9 Å². The summed E-state index contributed by atoms with van der Waals surface area (Å²) in [6.07, 6.45) is 9.92. The molecule has 150 valence electrons. The Morgan fingerprint density at radius 2 is 1.89 bits per heavy atom. The Labute approximate surface area is 166 Å². The van der Waals surface area contributed by atoms with E-state index in [1.54, 1.807) is 4.68 Å². The molecule has 0 unspecified atom stereocenters. The Kier molecular flexibility index (Phi) is 6.05. The van der Waals surface area contributed by atoms with Crippen LogP contribution in [0.15, 0.2) is 30.3 Å². The lowest BCUT2D eigenvalue weighted by Crippen LogP contribution is -2.38. The number of hydrogen-bond donors (Lipinski definition) is 2. The second kappa shape index (κ2) is 8.86. The first-order chi connectivity index (χ1) is 13.7. The van der Waals surface area contributed by atoms with Crippen molar-refractivity contribution in [2.45, 2.75) is 76.4 Å². The molecule has 1 aromatic carbocycles. The van der Waals surface area contributed by atoms with E-state index in [1.807, 2.05) is 18.2 Å².